The van der Waals surface area contributed by atoms with Gasteiger partial charge in [0.05, 0.1) is 5.69 Å². The highest BCUT2D eigenvalue weighted by molar-refractivity contribution is 7.13. The second-order valence-corrected chi connectivity index (χ2v) is 6.14. The first-order valence-corrected chi connectivity index (χ1v) is 7.63. The Bertz CT molecular complexity index is 366. The summed E-state index contributed by atoms with van der Waals surface area (Å²) in [7, 11) is 0. The van der Waals surface area contributed by atoms with Gasteiger partial charge in [-0.15, -0.1) is 11.3 Å². The van der Waals surface area contributed by atoms with Crippen LogP contribution in [-0.2, 0) is 0 Å². The van der Waals surface area contributed by atoms with E-state index in [1.54, 1.807) is 11.3 Å². The van der Waals surface area contributed by atoms with E-state index in [0.717, 1.165) is 18.3 Å². The number of nitrogens with one attached hydrogen (secondary N) is 1. The average molecular weight is 251 g/mol. The Kier molecular flexibility index (Phi) is 3.34. The second kappa shape index (κ2) is 4.94. The zero-order valence-electron chi connectivity index (χ0n) is 10.5. The third kappa shape index (κ3) is 2.80. The first-order chi connectivity index (χ1) is 8.33. The van der Waals surface area contributed by atoms with Gasteiger partial charge in [0.2, 0.25) is 0 Å². The van der Waals surface area contributed by atoms with Crippen LogP contribution in [-0.4, -0.2) is 30.2 Å². The molecular weight excluding hydrogens is 230 g/mol. The van der Waals surface area contributed by atoms with Gasteiger partial charge in [0.15, 0.2) is 5.13 Å². The molecule has 2 fully saturated rings. The van der Waals surface area contributed by atoms with E-state index in [1.165, 1.54) is 43.8 Å². The molecule has 1 aromatic rings. The van der Waals surface area contributed by atoms with Crippen LogP contribution in [0.5, 0.6) is 0 Å². The molecule has 3 nitrogen and oxygen atoms in total. The predicted octanol–water partition coefficient (Wildman–Crippen LogP) is 2.56. The van der Waals surface area contributed by atoms with Crippen molar-refractivity contribution in [2.45, 2.75) is 51.1 Å². The van der Waals surface area contributed by atoms with Crippen molar-refractivity contribution in [3.63, 3.8) is 0 Å². The van der Waals surface area contributed by atoms with Crippen LogP contribution in [0.4, 0.5) is 5.13 Å². The van der Waals surface area contributed by atoms with E-state index in [4.69, 9.17) is 0 Å². The predicted molar refractivity (Wildman–Crippen MR) is 72.9 cm³/mol. The maximum absolute atomic E-state index is 4.65. The molecule has 1 aliphatic heterocycles. The van der Waals surface area contributed by atoms with E-state index in [9.17, 15) is 0 Å². The molecule has 2 aliphatic rings. The summed E-state index contributed by atoms with van der Waals surface area (Å²) in [6, 6.07) is 1.44. The Morgan fingerprint density at radius 2 is 2.29 bits per heavy atom. The van der Waals surface area contributed by atoms with Crippen LogP contribution >= 0.6 is 11.3 Å². The first kappa shape index (κ1) is 11.5. The van der Waals surface area contributed by atoms with E-state index in [2.05, 4.69) is 27.5 Å². The Morgan fingerprint density at radius 3 is 2.88 bits per heavy atom. The molecule has 1 saturated heterocycles. The van der Waals surface area contributed by atoms with Gasteiger partial charge in [0.25, 0.3) is 0 Å². The van der Waals surface area contributed by atoms with Gasteiger partial charge in [0, 0.05) is 24.0 Å². The Hall–Kier alpha value is -0.610. The number of thiazole rings is 1. The lowest BCUT2D eigenvalue weighted by Crippen LogP contribution is -2.44. The Morgan fingerprint density at radius 1 is 1.41 bits per heavy atom. The number of anilines is 1. The molecule has 0 radical (unpaired) electrons. The third-order valence-electron chi connectivity index (χ3n) is 3.67. The lowest BCUT2D eigenvalue weighted by Gasteiger charge is -2.30. The number of hydrogen-bond donors (Lipinski definition) is 1. The lowest BCUT2D eigenvalue weighted by atomic mass is 10.0. The molecule has 0 aromatic carbocycles. The summed E-state index contributed by atoms with van der Waals surface area (Å²) >= 11 is 1.80. The van der Waals surface area contributed by atoms with E-state index in [1.807, 2.05) is 0 Å². The number of rotatable bonds is 4. The summed E-state index contributed by atoms with van der Waals surface area (Å²) in [6.45, 7) is 4.43. The van der Waals surface area contributed by atoms with Crippen molar-refractivity contribution in [3.8, 4) is 0 Å². The van der Waals surface area contributed by atoms with Crippen molar-refractivity contribution in [2.24, 2.45) is 0 Å². The van der Waals surface area contributed by atoms with E-state index in [-0.39, 0.29) is 0 Å². The molecular formula is C13H21N3S. The normalized spacial score (nSPS) is 24.9. The van der Waals surface area contributed by atoms with E-state index in [0.29, 0.717) is 6.04 Å². The van der Waals surface area contributed by atoms with Gasteiger partial charge in [-0.25, -0.2) is 4.98 Å². The molecule has 94 valence electrons. The summed E-state index contributed by atoms with van der Waals surface area (Å²) in [4.78, 5) is 7.20. The largest absolute Gasteiger partial charge is 0.344 e. The van der Waals surface area contributed by atoms with Crippen LogP contribution in [0.15, 0.2) is 5.38 Å². The van der Waals surface area contributed by atoms with Crippen molar-refractivity contribution in [3.05, 3.63) is 11.1 Å². The molecule has 1 N–H and O–H groups in total. The van der Waals surface area contributed by atoms with Gasteiger partial charge in [-0.1, -0.05) is 6.42 Å². The van der Waals surface area contributed by atoms with Crippen molar-refractivity contribution in [1.82, 2.24) is 10.3 Å². The number of aromatic nitrogens is 1. The minimum Gasteiger partial charge on any atom is -0.344 e. The molecule has 1 unspecified atom stereocenters. The standard InChI is InChI=1S/C13H21N3S/c1-10-9-17-13(15-10)16(12-5-6-12)8-11-4-2-3-7-14-11/h9,11-12,14H,2-8H2,1H3. The van der Waals surface area contributed by atoms with Gasteiger partial charge in [-0.2, -0.15) is 0 Å². The number of aryl methyl sites for hydroxylation is 1. The van der Waals surface area contributed by atoms with Crippen molar-refractivity contribution in [1.29, 1.82) is 0 Å². The summed E-state index contributed by atoms with van der Waals surface area (Å²) in [5, 5.41) is 7.04. The average Bonchev–Trinajstić information content (AvgIpc) is 3.10. The fourth-order valence-electron chi connectivity index (χ4n) is 2.56. The molecule has 4 heteroatoms. The Labute approximate surface area is 107 Å². The molecule has 17 heavy (non-hydrogen) atoms. The van der Waals surface area contributed by atoms with Crippen LogP contribution in [0.2, 0.25) is 0 Å². The van der Waals surface area contributed by atoms with Crippen LogP contribution in [0.25, 0.3) is 0 Å². The van der Waals surface area contributed by atoms with Gasteiger partial charge in [0.1, 0.15) is 0 Å². The second-order valence-electron chi connectivity index (χ2n) is 5.30. The van der Waals surface area contributed by atoms with E-state index < -0.39 is 0 Å². The zero-order valence-corrected chi connectivity index (χ0v) is 11.3. The molecule has 1 aliphatic carbocycles. The van der Waals surface area contributed by atoms with Crippen molar-refractivity contribution >= 4 is 16.5 Å². The highest BCUT2D eigenvalue weighted by Gasteiger charge is 2.32. The van der Waals surface area contributed by atoms with Gasteiger partial charge in [-0.3, -0.25) is 0 Å². The van der Waals surface area contributed by atoms with Crippen LogP contribution in [0, 0.1) is 6.92 Å². The first-order valence-electron chi connectivity index (χ1n) is 6.75. The van der Waals surface area contributed by atoms with E-state index >= 15 is 0 Å². The topological polar surface area (TPSA) is 28.2 Å². The quantitative estimate of drug-likeness (QED) is 0.891. The summed E-state index contributed by atoms with van der Waals surface area (Å²) in [5.74, 6) is 0. The molecule has 0 bridgehead atoms. The minimum absolute atomic E-state index is 0.675. The van der Waals surface area contributed by atoms with Crippen molar-refractivity contribution < 1.29 is 0 Å². The summed E-state index contributed by atoms with van der Waals surface area (Å²) in [5.41, 5.74) is 1.16. The highest BCUT2D eigenvalue weighted by Crippen LogP contribution is 2.33. The fourth-order valence-corrected chi connectivity index (χ4v) is 3.44. The maximum atomic E-state index is 4.65. The van der Waals surface area contributed by atoms with Crippen LogP contribution in [0.1, 0.15) is 37.8 Å². The lowest BCUT2D eigenvalue weighted by molar-refractivity contribution is 0.398. The number of hydrogen-bond acceptors (Lipinski definition) is 4. The van der Waals surface area contributed by atoms with Crippen LogP contribution in [0.3, 0.4) is 0 Å². The molecule has 2 heterocycles. The highest BCUT2D eigenvalue weighted by atomic mass is 32.1. The summed E-state index contributed by atoms with van der Waals surface area (Å²) < 4.78 is 0. The molecule has 3 rings (SSSR count). The third-order valence-corrected chi connectivity index (χ3v) is 4.67. The smallest absolute Gasteiger partial charge is 0.185 e. The fraction of sp³-hybridized carbons (Fsp3) is 0.769. The van der Waals surface area contributed by atoms with Gasteiger partial charge in [-0.05, 0) is 39.2 Å². The summed E-state index contributed by atoms with van der Waals surface area (Å²) in [6.07, 6.45) is 6.76. The van der Waals surface area contributed by atoms with Gasteiger partial charge < -0.3 is 10.2 Å². The van der Waals surface area contributed by atoms with Crippen LogP contribution < -0.4 is 10.2 Å². The molecule has 1 aromatic heterocycles. The van der Waals surface area contributed by atoms with Gasteiger partial charge >= 0.3 is 0 Å². The number of piperidine rings is 1. The monoisotopic (exact) mass is 251 g/mol. The zero-order chi connectivity index (χ0) is 11.7. The van der Waals surface area contributed by atoms with Crippen molar-refractivity contribution in [2.75, 3.05) is 18.0 Å². The molecule has 0 amide bonds. The number of nitrogens with zero attached hydrogens (tertiary/aromatic N) is 2. The Balaban J connectivity index is 1.67. The molecule has 0 spiro atoms. The molecule has 1 saturated carbocycles. The maximum Gasteiger partial charge on any atom is 0.185 e. The molecule has 1 atom stereocenters. The SMILES string of the molecule is Cc1csc(N(CC2CCCCN2)C2CC2)n1. The minimum atomic E-state index is 0.675.